The fraction of sp³-hybridized carbons (Fsp3) is 0.360. The van der Waals surface area contributed by atoms with Gasteiger partial charge in [0.05, 0.1) is 18.1 Å². The number of hydrogen-bond donors (Lipinski definition) is 0. The van der Waals surface area contributed by atoms with Gasteiger partial charge in [-0.15, -0.1) is 0 Å². The first-order valence-electron chi connectivity index (χ1n) is 11.2. The average Bonchev–Trinajstić information content (AvgIpc) is 3.45. The summed E-state index contributed by atoms with van der Waals surface area (Å²) < 4.78 is 49.2. The molecule has 1 saturated heterocycles. The molecule has 180 valence electrons. The molecule has 1 fully saturated rings. The number of aromatic nitrogens is 1. The van der Waals surface area contributed by atoms with Crippen LogP contribution in [0.3, 0.4) is 0 Å². The zero-order valence-corrected chi connectivity index (χ0v) is 20.0. The second-order valence-corrected chi connectivity index (χ2v) is 10.8. The maximum atomic E-state index is 14.0. The maximum Gasteiger partial charge on any atom is 0.276 e. The van der Waals surface area contributed by atoms with Crippen LogP contribution in [-0.2, 0) is 16.4 Å². The van der Waals surface area contributed by atoms with Gasteiger partial charge in [-0.05, 0) is 49.1 Å². The number of sulfone groups is 1. The summed E-state index contributed by atoms with van der Waals surface area (Å²) in [5.74, 6) is 0.126. The van der Waals surface area contributed by atoms with E-state index in [4.69, 9.17) is 9.26 Å². The van der Waals surface area contributed by atoms with Crippen LogP contribution in [0.15, 0.2) is 53.1 Å². The van der Waals surface area contributed by atoms with E-state index in [0.29, 0.717) is 24.2 Å². The Balaban J connectivity index is 1.58. The van der Waals surface area contributed by atoms with Crippen LogP contribution in [-0.4, -0.2) is 48.5 Å². The Morgan fingerprint density at radius 2 is 1.97 bits per heavy atom. The third-order valence-electron chi connectivity index (χ3n) is 5.84. The van der Waals surface area contributed by atoms with Crippen molar-refractivity contribution in [3.05, 3.63) is 71.2 Å². The minimum absolute atomic E-state index is 0.0396. The lowest BCUT2D eigenvalue weighted by molar-refractivity contribution is 0.0670. The van der Waals surface area contributed by atoms with Crippen LogP contribution in [0.1, 0.15) is 41.4 Å². The number of carbonyl (C=O) groups excluding carboxylic acids is 1. The number of halogens is 1. The van der Waals surface area contributed by atoms with E-state index in [1.807, 2.05) is 31.2 Å². The molecule has 1 amide bonds. The number of hydrogen-bond acceptors (Lipinski definition) is 6. The summed E-state index contributed by atoms with van der Waals surface area (Å²) in [5.41, 5.74) is 1.85. The molecule has 9 heteroatoms. The van der Waals surface area contributed by atoms with Gasteiger partial charge in [-0.2, -0.15) is 0 Å². The summed E-state index contributed by atoms with van der Waals surface area (Å²) in [5, 5.41) is 3.90. The topological polar surface area (TPSA) is 89.7 Å². The molecule has 0 unspecified atom stereocenters. The van der Waals surface area contributed by atoms with E-state index in [1.54, 1.807) is 19.1 Å². The molecule has 1 aliphatic rings. The van der Waals surface area contributed by atoms with Crippen LogP contribution in [0.5, 0.6) is 5.75 Å². The highest BCUT2D eigenvalue weighted by Gasteiger charge is 2.36. The summed E-state index contributed by atoms with van der Waals surface area (Å²) >= 11 is 0. The van der Waals surface area contributed by atoms with Crippen molar-refractivity contribution in [1.29, 1.82) is 0 Å². The lowest BCUT2D eigenvalue weighted by atomic mass is 10.1. The second-order valence-electron chi connectivity index (χ2n) is 8.52. The second kappa shape index (κ2) is 9.97. The molecule has 34 heavy (non-hydrogen) atoms. The van der Waals surface area contributed by atoms with Crippen LogP contribution in [0.2, 0.25) is 0 Å². The van der Waals surface area contributed by atoms with Gasteiger partial charge in [0.25, 0.3) is 5.91 Å². The van der Waals surface area contributed by atoms with E-state index < -0.39 is 21.8 Å². The fourth-order valence-electron chi connectivity index (χ4n) is 3.90. The van der Waals surface area contributed by atoms with Gasteiger partial charge in [0, 0.05) is 24.2 Å². The van der Waals surface area contributed by atoms with Gasteiger partial charge >= 0.3 is 0 Å². The molecule has 0 spiro atoms. The van der Waals surface area contributed by atoms with Crippen LogP contribution >= 0.6 is 0 Å². The Labute approximate surface area is 198 Å². The van der Waals surface area contributed by atoms with Crippen molar-refractivity contribution in [2.45, 2.75) is 39.3 Å². The molecule has 3 aromatic rings. The van der Waals surface area contributed by atoms with Gasteiger partial charge in [-0.25, -0.2) is 12.8 Å². The lowest BCUT2D eigenvalue weighted by Gasteiger charge is -2.27. The Bertz CT molecular complexity index is 1270. The fourth-order valence-corrected chi connectivity index (χ4v) is 5.63. The summed E-state index contributed by atoms with van der Waals surface area (Å²) in [6, 6.07) is 13.0. The van der Waals surface area contributed by atoms with E-state index >= 15 is 0 Å². The van der Waals surface area contributed by atoms with Gasteiger partial charge in [0.15, 0.2) is 21.3 Å². The highest BCUT2D eigenvalue weighted by atomic mass is 32.2. The summed E-state index contributed by atoms with van der Waals surface area (Å²) in [6.45, 7) is 4.51. The van der Waals surface area contributed by atoms with Gasteiger partial charge in [-0.3, -0.25) is 4.79 Å². The van der Waals surface area contributed by atoms with Crippen molar-refractivity contribution in [2.24, 2.45) is 0 Å². The average molecular weight is 487 g/mol. The first-order valence-corrected chi connectivity index (χ1v) is 13.0. The van der Waals surface area contributed by atoms with Crippen LogP contribution in [0, 0.1) is 12.7 Å². The highest BCUT2D eigenvalue weighted by molar-refractivity contribution is 7.91. The van der Waals surface area contributed by atoms with Crippen molar-refractivity contribution in [3.63, 3.8) is 0 Å². The predicted octanol–water partition coefficient (Wildman–Crippen LogP) is 4.41. The third kappa shape index (κ3) is 5.47. The Kier molecular flexibility index (Phi) is 7.02. The molecule has 0 radical (unpaired) electrons. The van der Waals surface area contributed by atoms with Crippen molar-refractivity contribution in [1.82, 2.24) is 10.1 Å². The molecule has 1 atom stereocenters. The molecule has 1 aliphatic heterocycles. The molecule has 4 rings (SSSR count). The zero-order valence-electron chi connectivity index (χ0n) is 19.2. The van der Waals surface area contributed by atoms with E-state index in [9.17, 15) is 17.6 Å². The van der Waals surface area contributed by atoms with Crippen molar-refractivity contribution >= 4 is 15.7 Å². The molecular weight excluding hydrogens is 459 g/mol. The monoisotopic (exact) mass is 486 g/mol. The lowest BCUT2D eigenvalue weighted by Crippen LogP contribution is -2.40. The van der Waals surface area contributed by atoms with Crippen molar-refractivity contribution < 1.29 is 26.9 Å². The van der Waals surface area contributed by atoms with Crippen molar-refractivity contribution in [2.75, 3.05) is 18.1 Å². The van der Waals surface area contributed by atoms with E-state index in [1.165, 1.54) is 17.0 Å². The van der Waals surface area contributed by atoms with Crippen LogP contribution < -0.4 is 4.74 Å². The number of nitrogens with zero attached hydrogens (tertiary/aromatic N) is 2. The molecule has 7 nitrogen and oxygen atoms in total. The molecule has 0 bridgehead atoms. The Morgan fingerprint density at radius 1 is 1.21 bits per heavy atom. The largest absolute Gasteiger partial charge is 0.494 e. The van der Waals surface area contributed by atoms with Gasteiger partial charge in [-0.1, -0.05) is 36.3 Å². The molecule has 0 aliphatic carbocycles. The van der Waals surface area contributed by atoms with Gasteiger partial charge < -0.3 is 14.2 Å². The molecule has 0 N–H and O–H groups in total. The summed E-state index contributed by atoms with van der Waals surface area (Å²) in [7, 11) is -3.21. The number of aryl methyl sites for hydroxylation is 1. The standard InChI is InChI=1S/C25H27FN2O5S/c1-3-11-32-21-8-5-18(6-9-21)15-28(20-10-12-34(30,31)16-20)25(29)23-14-24(33-27-23)19-7-4-17(2)22(26)13-19/h4-9,13-14,20H,3,10-12,15-16H2,1-2H3/t20-/m0/s1. The molecule has 2 heterocycles. The van der Waals surface area contributed by atoms with E-state index in [0.717, 1.165) is 17.7 Å². The van der Waals surface area contributed by atoms with Crippen LogP contribution in [0.4, 0.5) is 4.39 Å². The minimum Gasteiger partial charge on any atom is -0.494 e. The van der Waals surface area contributed by atoms with Crippen molar-refractivity contribution in [3.8, 4) is 17.1 Å². The zero-order chi connectivity index (χ0) is 24.3. The molecular formula is C25H27FN2O5S. The van der Waals surface area contributed by atoms with E-state index in [-0.39, 0.29) is 35.3 Å². The molecule has 0 saturated carbocycles. The smallest absolute Gasteiger partial charge is 0.276 e. The van der Waals surface area contributed by atoms with Crippen LogP contribution in [0.25, 0.3) is 11.3 Å². The Morgan fingerprint density at radius 3 is 2.62 bits per heavy atom. The number of rotatable bonds is 8. The predicted molar refractivity (Wildman–Crippen MR) is 126 cm³/mol. The first kappa shape index (κ1) is 23.9. The van der Waals surface area contributed by atoms with Gasteiger partial charge in [0.2, 0.25) is 0 Å². The number of amides is 1. The molecule has 2 aromatic carbocycles. The maximum absolute atomic E-state index is 14.0. The summed E-state index contributed by atoms with van der Waals surface area (Å²) in [6.07, 6.45) is 1.26. The van der Waals surface area contributed by atoms with Gasteiger partial charge in [0.1, 0.15) is 11.6 Å². The molecule has 1 aromatic heterocycles. The quantitative estimate of drug-likeness (QED) is 0.469. The minimum atomic E-state index is -3.21. The summed E-state index contributed by atoms with van der Waals surface area (Å²) in [4.78, 5) is 15.0. The highest BCUT2D eigenvalue weighted by Crippen LogP contribution is 2.26. The number of carbonyl (C=O) groups is 1. The first-order chi connectivity index (χ1) is 16.3. The number of benzene rings is 2. The Hall–Kier alpha value is -3.20. The number of ether oxygens (including phenoxy) is 1. The SMILES string of the molecule is CCCOc1ccc(CN(C(=O)c2cc(-c3ccc(C)c(F)c3)on2)[C@H]2CCS(=O)(=O)C2)cc1. The normalized spacial score (nSPS) is 17.0. The third-order valence-corrected chi connectivity index (χ3v) is 7.60. The van der Waals surface area contributed by atoms with E-state index in [2.05, 4.69) is 5.16 Å².